The van der Waals surface area contributed by atoms with Crippen molar-refractivity contribution in [1.82, 2.24) is 14.7 Å². The van der Waals surface area contributed by atoms with E-state index in [4.69, 9.17) is 15.6 Å². The third-order valence-electron chi connectivity index (χ3n) is 4.02. The summed E-state index contributed by atoms with van der Waals surface area (Å²) in [5.74, 6) is -3.16. The van der Waals surface area contributed by atoms with Crippen LogP contribution >= 0.6 is 0 Å². The van der Waals surface area contributed by atoms with E-state index in [9.17, 15) is 26.0 Å². The fourth-order valence-electron chi connectivity index (χ4n) is 2.60. The number of nitrogens with two attached hydrogens (primary N) is 1. The van der Waals surface area contributed by atoms with Gasteiger partial charge in [-0.3, -0.25) is 0 Å². The van der Waals surface area contributed by atoms with Gasteiger partial charge in [-0.2, -0.15) is 13.2 Å². The van der Waals surface area contributed by atoms with Gasteiger partial charge in [-0.15, -0.1) is 0 Å². The number of aromatic nitrogens is 2. The molecule has 0 aliphatic heterocycles. The molecule has 1 aromatic heterocycles. The summed E-state index contributed by atoms with van der Waals surface area (Å²) in [5.41, 5.74) is 7.12. The van der Waals surface area contributed by atoms with Crippen LogP contribution in [-0.2, 0) is 14.8 Å². The first kappa shape index (κ1) is 25.7. The van der Waals surface area contributed by atoms with Gasteiger partial charge >= 0.3 is 12.1 Å². The third-order valence-corrected chi connectivity index (χ3v) is 5.62. The maximum Gasteiger partial charge on any atom is 0.490 e. The quantitative estimate of drug-likeness (QED) is 0.470. The molecular weight excluding hydrogens is 468 g/mol. The minimum atomic E-state index is -5.08. The monoisotopic (exact) mass is 486 g/mol. The first-order valence-electron chi connectivity index (χ1n) is 9.13. The second kappa shape index (κ2) is 10.4. The maximum atomic E-state index is 14.6. The van der Waals surface area contributed by atoms with Crippen LogP contribution in [0.3, 0.4) is 0 Å². The van der Waals surface area contributed by atoms with E-state index in [1.54, 1.807) is 37.3 Å². The van der Waals surface area contributed by atoms with E-state index in [-0.39, 0.29) is 17.4 Å². The van der Waals surface area contributed by atoms with Gasteiger partial charge in [0.15, 0.2) is 0 Å². The lowest BCUT2D eigenvalue weighted by Crippen LogP contribution is -2.23. The minimum Gasteiger partial charge on any atom is -0.475 e. The molecule has 2 aromatic carbocycles. The molecule has 8 nitrogen and oxygen atoms in total. The molecule has 0 saturated heterocycles. The number of hydrogen-bond acceptors (Lipinski definition) is 6. The van der Waals surface area contributed by atoms with Crippen LogP contribution in [0.2, 0.25) is 0 Å². The van der Waals surface area contributed by atoms with Gasteiger partial charge in [-0.1, -0.05) is 37.3 Å². The zero-order valence-corrected chi connectivity index (χ0v) is 17.8. The highest BCUT2D eigenvalue weighted by Crippen LogP contribution is 2.31. The normalized spacial score (nSPS) is 11.4. The summed E-state index contributed by atoms with van der Waals surface area (Å²) in [4.78, 5) is 16.7. The van der Waals surface area contributed by atoms with E-state index in [1.165, 1.54) is 24.5 Å². The zero-order chi connectivity index (χ0) is 24.8. The number of sulfonamides is 1. The van der Waals surface area contributed by atoms with Gasteiger partial charge in [0.25, 0.3) is 0 Å². The molecular formula is C20H18F4N4O4S. The molecule has 3 rings (SSSR count). The lowest BCUT2D eigenvalue weighted by Gasteiger charge is -2.12. The number of carboxylic acid groups (broad SMARTS) is 1. The molecule has 13 heteroatoms. The van der Waals surface area contributed by atoms with Crippen LogP contribution in [-0.4, -0.2) is 42.2 Å². The van der Waals surface area contributed by atoms with Crippen molar-refractivity contribution in [2.24, 2.45) is 0 Å². The predicted octanol–water partition coefficient (Wildman–Crippen LogP) is 3.46. The van der Waals surface area contributed by atoms with Gasteiger partial charge in [-0.05, 0) is 17.7 Å². The molecule has 0 radical (unpaired) electrons. The number of nitrogens with one attached hydrogen (secondary N) is 1. The number of nitrogen functional groups attached to an aromatic ring is 1. The van der Waals surface area contributed by atoms with Crippen molar-refractivity contribution in [1.29, 1.82) is 0 Å². The Morgan fingerprint density at radius 3 is 2.15 bits per heavy atom. The van der Waals surface area contributed by atoms with Crippen molar-refractivity contribution >= 4 is 21.9 Å². The predicted molar refractivity (Wildman–Crippen MR) is 112 cm³/mol. The Hall–Kier alpha value is -3.58. The minimum absolute atomic E-state index is 0.102. The molecule has 33 heavy (non-hydrogen) atoms. The summed E-state index contributed by atoms with van der Waals surface area (Å²) < 4.78 is 73.6. The molecule has 0 amide bonds. The number of carbonyl (C=O) groups is 1. The average Bonchev–Trinajstić information content (AvgIpc) is 2.74. The Morgan fingerprint density at radius 2 is 1.64 bits per heavy atom. The number of anilines is 1. The summed E-state index contributed by atoms with van der Waals surface area (Å²) in [6.45, 7) is 1.96. The molecule has 0 spiro atoms. The number of carboxylic acids is 1. The summed E-state index contributed by atoms with van der Waals surface area (Å²) in [5, 5.41) is 7.12. The molecule has 0 atom stereocenters. The molecule has 0 bridgehead atoms. The number of benzene rings is 2. The van der Waals surface area contributed by atoms with Crippen molar-refractivity contribution in [3.8, 4) is 22.3 Å². The highest BCUT2D eigenvalue weighted by molar-refractivity contribution is 7.89. The van der Waals surface area contributed by atoms with Gasteiger partial charge in [0, 0.05) is 35.6 Å². The van der Waals surface area contributed by atoms with Gasteiger partial charge in [-0.25, -0.2) is 32.3 Å². The van der Waals surface area contributed by atoms with Crippen LogP contribution in [0, 0.1) is 5.82 Å². The second-order valence-electron chi connectivity index (χ2n) is 6.32. The van der Waals surface area contributed by atoms with Crippen LogP contribution < -0.4 is 10.5 Å². The summed E-state index contributed by atoms with van der Waals surface area (Å²) in [6, 6.07) is 11.0. The van der Waals surface area contributed by atoms with E-state index in [0.717, 1.165) is 0 Å². The van der Waals surface area contributed by atoms with Gasteiger partial charge < -0.3 is 10.8 Å². The van der Waals surface area contributed by atoms with Crippen molar-refractivity contribution in [2.45, 2.75) is 18.0 Å². The highest BCUT2D eigenvalue weighted by Gasteiger charge is 2.38. The number of hydrogen-bond donors (Lipinski definition) is 3. The van der Waals surface area contributed by atoms with Crippen LogP contribution in [0.1, 0.15) is 6.92 Å². The molecule has 1 heterocycles. The molecule has 3 aromatic rings. The Bertz CT molecular complexity index is 1230. The van der Waals surface area contributed by atoms with Crippen LogP contribution in [0.4, 0.5) is 23.5 Å². The zero-order valence-electron chi connectivity index (χ0n) is 17.0. The molecule has 0 fully saturated rings. The lowest BCUT2D eigenvalue weighted by atomic mass is 10.0. The smallest absolute Gasteiger partial charge is 0.475 e. The Balaban J connectivity index is 0.000000479. The molecule has 176 valence electrons. The number of nitrogens with zero attached hydrogens (tertiary/aromatic N) is 2. The molecule has 0 aliphatic rings. The van der Waals surface area contributed by atoms with E-state index in [2.05, 4.69) is 14.7 Å². The standard InChI is InChI=1S/C18H17FN4O2S.C2HF3O2/c1-2-23-26(24,25)17-6-4-3-5-15(17)12-7-8-14(16(19)9-12)13-10-21-18(20)22-11-13;3-2(4,5)1(6)7/h3-11,23H,2H2,1H3,(H2,20,21,22);(H,6,7). The van der Waals surface area contributed by atoms with Crippen molar-refractivity contribution < 1.29 is 35.9 Å². The largest absolute Gasteiger partial charge is 0.490 e. The second-order valence-corrected chi connectivity index (χ2v) is 8.06. The average molecular weight is 486 g/mol. The van der Waals surface area contributed by atoms with Crippen molar-refractivity contribution in [2.75, 3.05) is 12.3 Å². The van der Waals surface area contributed by atoms with Gasteiger partial charge in [0.1, 0.15) is 5.82 Å². The molecule has 4 N–H and O–H groups in total. The summed E-state index contributed by atoms with van der Waals surface area (Å²) in [6.07, 6.45) is -2.21. The Morgan fingerprint density at radius 1 is 1.06 bits per heavy atom. The van der Waals surface area contributed by atoms with E-state index in [0.29, 0.717) is 22.3 Å². The van der Waals surface area contributed by atoms with Crippen molar-refractivity contribution in [3.63, 3.8) is 0 Å². The fraction of sp³-hybridized carbons (Fsp3) is 0.150. The number of aliphatic carboxylic acids is 1. The van der Waals surface area contributed by atoms with Crippen LogP contribution in [0.25, 0.3) is 22.3 Å². The summed E-state index contributed by atoms with van der Waals surface area (Å²) >= 11 is 0. The molecule has 0 aliphatic carbocycles. The van der Waals surface area contributed by atoms with Crippen LogP contribution in [0.5, 0.6) is 0 Å². The number of halogens is 4. The van der Waals surface area contributed by atoms with Gasteiger partial charge in [0.05, 0.1) is 4.90 Å². The molecule has 0 saturated carbocycles. The highest BCUT2D eigenvalue weighted by atomic mass is 32.2. The number of rotatable bonds is 5. The third kappa shape index (κ3) is 6.70. The van der Waals surface area contributed by atoms with Crippen molar-refractivity contribution in [3.05, 3.63) is 60.7 Å². The maximum absolute atomic E-state index is 14.6. The van der Waals surface area contributed by atoms with E-state index >= 15 is 0 Å². The number of alkyl halides is 3. The first-order valence-corrected chi connectivity index (χ1v) is 10.6. The molecule has 0 unspecified atom stereocenters. The van der Waals surface area contributed by atoms with Gasteiger partial charge in [0.2, 0.25) is 16.0 Å². The summed E-state index contributed by atoms with van der Waals surface area (Å²) in [7, 11) is -3.68. The lowest BCUT2D eigenvalue weighted by molar-refractivity contribution is -0.192. The van der Waals surface area contributed by atoms with Crippen LogP contribution in [0.15, 0.2) is 59.8 Å². The Labute approximate surface area is 186 Å². The fourth-order valence-corrected chi connectivity index (χ4v) is 3.87. The van der Waals surface area contributed by atoms with E-state index in [1.807, 2.05) is 0 Å². The topological polar surface area (TPSA) is 135 Å². The SMILES string of the molecule is CCNS(=O)(=O)c1ccccc1-c1ccc(-c2cnc(N)nc2)c(F)c1.O=C(O)C(F)(F)F. The Kier molecular flexibility index (Phi) is 8.06. The van der Waals surface area contributed by atoms with E-state index < -0.39 is 28.0 Å². The first-order chi connectivity index (χ1) is 15.4.